The van der Waals surface area contributed by atoms with E-state index >= 15 is 0 Å². The molecule has 1 aliphatic rings. The van der Waals surface area contributed by atoms with E-state index in [0.29, 0.717) is 60.0 Å². The number of furan rings is 3. The van der Waals surface area contributed by atoms with Crippen molar-refractivity contribution in [3.05, 3.63) is 60.9 Å². The molecule has 0 aliphatic carbocycles. The van der Waals surface area contributed by atoms with Gasteiger partial charge in [-0.05, 0) is 36.4 Å². The molecule has 33 heavy (non-hydrogen) atoms. The average molecular weight is 465 g/mol. The Morgan fingerprint density at radius 3 is 2.09 bits per heavy atom. The van der Waals surface area contributed by atoms with Gasteiger partial charge in [-0.15, -0.1) is 10.2 Å². The van der Waals surface area contributed by atoms with Crippen molar-refractivity contribution >= 4 is 23.6 Å². The molecule has 4 aromatic rings. The maximum absolute atomic E-state index is 12.7. The minimum absolute atomic E-state index is 0.0524. The molecule has 0 saturated carbocycles. The van der Waals surface area contributed by atoms with Crippen LogP contribution >= 0.6 is 11.8 Å². The molecular weight excluding hydrogens is 446 g/mol. The van der Waals surface area contributed by atoms with Crippen molar-refractivity contribution in [1.82, 2.24) is 25.0 Å². The summed E-state index contributed by atoms with van der Waals surface area (Å²) in [5, 5.41) is 8.77. The van der Waals surface area contributed by atoms with Gasteiger partial charge >= 0.3 is 0 Å². The number of thioether (sulfide) groups is 1. The molecule has 0 aromatic carbocycles. The highest BCUT2D eigenvalue weighted by atomic mass is 32.2. The van der Waals surface area contributed by atoms with Crippen molar-refractivity contribution in [1.29, 1.82) is 0 Å². The van der Waals surface area contributed by atoms with E-state index in [4.69, 9.17) is 13.3 Å². The summed E-state index contributed by atoms with van der Waals surface area (Å²) in [6.07, 6.45) is 4.57. The van der Waals surface area contributed by atoms with Crippen molar-refractivity contribution in [3.63, 3.8) is 0 Å². The Morgan fingerprint density at radius 1 is 0.818 bits per heavy atom. The second-order valence-electron chi connectivity index (χ2n) is 7.19. The first-order valence-electron chi connectivity index (χ1n) is 10.2. The number of nitrogens with zero attached hydrogens (tertiary/aromatic N) is 5. The predicted molar refractivity (Wildman–Crippen MR) is 117 cm³/mol. The largest absolute Gasteiger partial charge is 0.463 e. The first kappa shape index (κ1) is 21.0. The van der Waals surface area contributed by atoms with E-state index in [0.717, 1.165) is 0 Å². The minimum atomic E-state index is -0.164. The van der Waals surface area contributed by atoms with E-state index in [1.54, 1.807) is 58.7 Å². The van der Waals surface area contributed by atoms with Gasteiger partial charge in [0.15, 0.2) is 23.0 Å². The molecule has 1 aliphatic heterocycles. The number of aromatic nitrogens is 3. The molecule has 11 heteroatoms. The van der Waals surface area contributed by atoms with Crippen LogP contribution in [0.3, 0.4) is 0 Å². The Morgan fingerprint density at radius 2 is 1.45 bits per heavy atom. The van der Waals surface area contributed by atoms with Gasteiger partial charge in [0.2, 0.25) is 11.1 Å². The Kier molecular flexibility index (Phi) is 5.94. The lowest BCUT2D eigenvalue weighted by molar-refractivity contribution is -0.129. The topological polar surface area (TPSA) is 119 Å². The third-order valence-corrected chi connectivity index (χ3v) is 5.98. The smallest absolute Gasteiger partial charge is 0.289 e. The van der Waals surface area contributed by atoms with Crippen molar-refractivity contribution in [2.75, 3.05) is 31.9 Å². The summed E-state index contributed by atoms with van der Waals surface area (Å²) in [7, 11) is 0. The van der Waals surface area contributed by atoms with Crippen molar-refractivity contribution in [2.24, 2.45) is 0 Å². The standard InChI is InChI=1S/C22H19N5O5S/c28-18(26-7-9-27(10-8-26)21(29)17-6-3-13-32-17)14-33-22-23-19(15-4-1-11-30-15)20(24-25-22)16-5-2-12-31-16/h1-6,11-13H,7-10,14H2. The van der Waals surface area contributed by atoms with Gasteiger partial charge in [-0.3, -0.25) is 9.59 Å². The maximum Gasteiger partial charge on any atom is 0.289 e. The van der Waals surface area contributed by atoms with Crippen LogP contribution in [0.2, 0.25) is 0 Å². The lowest BCUT2D eigenvalue weighted by Crippen LogP contribution is -2.51. The van der Waals surface area contributed by atoms with E-state index in [1.165, 1.54) is 18.0 Å². The fourth-order valence-electron chi connectivity index (χ4n) is 3.47. The monoisotopic (exact) mass is 465 g/mol. The van der Waals surface area contributed by atoms with E-state index < -0.39 is 0 Å². The summed E-state index contributed by atoms with van der Waals surface area (Å²) in [4.78, 5) is 33.1. The van der Waals surface area contributed by atoms with Crippen LogP contribution in [-0.2, 0) is 4.79 Å². The van der Waals surface area contributed by atoms with Crippen LogP contribution in [-0.4, -0.2) is 68.7 Å². The van der Waals surface area contributed by atoms with E-state index in [9.17, 15) is 9.59 Å². The lowest BCUT2D eigenvalue weighted by atomic mass is 10.2. The second-order valence-corrected chi connectivity index (χ2v) is 8.13. The summed E-state index contributed by atoms with van der Waals surface area (Å²) in [5.41, 5.74) is 0.952. The van der Waals surface area contributed by atoms with Crippen LogP contribution < -0.4 is 0 Å². The van der Waals surface area contributed by atoms with Crippen molar-refractivity contribution in [2.45, 2.75) is 5.16 Å². The number of carbonyl (C=O) groups excluding carboxylic acids is 2. The van der Waals surface area contributed by atoms with Gasteiger partial charge in [0.1, 0.15) is 5.69 Å². The first-order valence-corrected chi connectivity index (χ1v) is 11.2. The molecule has 0 radical (unpaired) electrons. The number of amides is 2. The van der Waals surface area contributed by atoms with Crippen LogP contribution in [0.1, 0.15) is 10.6 Å². The number of piperazine rings is 1. The second kappa shape index (κ2) is 9.33. The molecular formula is C22H19N5O5S. The Bertz CT molecular complexity index is 1220. The highest BCUT2D eigenvalue weighted by Crippen LogP contribution is 2.30. The molecule has 5 rings (SSSR count). The van der Waals surface area contributed by atoms with Gasteiger partial charge in [0.25, 0.3) is 5.91 Å². The Balaban J connectivity index is 1.21. The fourth-order valence-corrected chi connectivity index (χ4v) is 4.16. The third-order valence-electron chi connectivity index (χ3n) is 5.15. The Hall–Kier alpha value is -3.86. The van der Waals surface area contributed by atoms with Gasteiger partial charge in [-0.1, -0.05) is 11.8 Å². The molecule has 0 atom stereocenters. The molecule has 5 heterocycles. The predicted octanol–water partition coefficient (Wildman–Crippen LogP) is 3.06. The van der Waals surface area contributed by atoms with Crippen LogP contribution in [0.5, 0.6) is 0 Å². The molecule has 10 nitrogen and oxygen atoms in total. The molecule has 0 spiro atoms. The quantitative estimate of drug-likeness (QED) is 0.396. The van der Waals surface area contributed by atoms with Gasteiger partial charge in [-0.2, -0.15) is 0 Å². The molecule has 0 unspecified atom stereocenters. The zero-order valence-electron chi connectivity index (χ0n) is 17.4. The molecule has 4 aromatic heterocycles. The van der Waals surface area contributed by atoms with Gasteiger partial charge in [-0.25, -0.2) is 4.98 Å². The maximum atomic E-state index is 12.7. The van der Waals surface area contributed by atoms with Crippen molar-refractivity contribution in [3.8, 4) is 22.9 Å². The zero-order valence-corrected chi connectivity index (χ0v) is 18.2. The third kappa shape index (κ3) is 4.53. The van der Waals surface area contributed by atoms with E-state index in [2.05, 4.69) is 15.2 Å². The average Bonchev–Trinajstić information content (AvgIpc) is 3.65. The van der Waals surface area contributed by atoms with Gasteiger partial charge in [0.05, 0.1) is 24.5 Å². The summed E-state index contributed by atoms with van der Waals surface area (Å²) in [6.45, 7) is 1.82. The summed E-state index contributed by atoms with van der Waals surface area (Å²) in [6, 6.07) is 10.4. The molecule has 2 amide bonds. The first-order chi connectivity index (χ1) is 16.2. The van der Waals surface area contributed by atoms with Crippen LogP contribution in [0.25, 0.3) is 22.9 Å². The van der Waals surface area contributed by atoms with Crippen LogP contribution in [0, 0.1) is 0 Å². The van der Waals surface area contributed by atoms with Crippen LogP contribution in [0.15, 0.2) is 73.6 Å². The fraction of sp³-hybridized carbons (Fsp3) is 0.227. The Labute approximate surface area is 192 Å². The SMILES string of the molecule is O=C(CSc1nnc(-c2ccco2)c(-c2ccco2)n1)N1CCN(C(=O)c2ccco2)CC1. The molecule has 0 bridgehead atoms. The zero-order chi connectivity index (χ0) is 22.6. The lowest BCUT2D eigenvalue weighted by Gasteiger charge is -2.34. The number of rotatable bonds is 6. The van der Waals surface area contributed by atoms with E-state index in [1.807, 2.05) is 0 Å². The molecule has 168 valence electrons. The highest BCUT2D eigenvalue weighted by Gasteiger charge is 2.26. The summed E-state index contributed by atoms with van der Waals surface area (Å²) < 4.78 is 16.1. The van der Waals surface area contributed by atoms with Gasteiger partial charge in [0, 0.05) is 26.2 Å². The number of carbonyl (C=O) groups is 2. The summed E-state index contributed by atoms with van der Waals surface area (Å²) >= 11 is 1.20. The van der Waals surface area contributed by atoms with Gasteiger partial charge < -0.3 is 23.1 Å². The number of hydrogen-bond acceptors (Lipinski definition) is 9. The highest BCUT2D eigenvalue weighted by molar-refractivity contribution is 7.99. The molecule has 1 fully saturated rings. The normalized spacial score (nSPS) is 13.9. The van der Waals surface area contributed by atoms with Crippen molar-refractivity contribution < 1.29 is 22.8 Å². The van der Waals surface area contributed by atoms with E-state index in [-0.39, 0.29) is 17.6 Å². The minimum Gasteiger partial charge on any atom is -0.463 e. The molecule has 0 N–H and O–H groups in total. The van der Waals surface area contributed by atoms with Crippen LogP contribution in [0.4, 0.5) is 0 Å². The summed E-state index contributed by atoms with van der Waals surface area (Å²) in [5.74, 6) is 1.30. The molecule has 1 saturated heterocycles. The number of hydrogen-bond donors (Lipinski definition) is 0.